The molecule has 252 valence electrons. The van der Waals surface area contributed by atoms with Crippen molar-refractivity contribution in [1.82, 2.24) is 10.2 Å². The molecule has 4 aromatic rings. The Labute approximate surface area is 288 Å². The highest BCUT2D eigenvalue weighted by Gasteiger charge is 2.35. The maximum atomic E-state index is 14.7. The highest BCUT2D eigenvalue weighted by molar-refractivity contribution is 7.92. The topological polar surface area (TPSA) is 96.0 Å². The molecule has 0 aromatic heterocycles. The lowest BCUT2D eigenvalue weighted by Gasteiger charge is -2.35. The van der Waals surface area contributed by atoms with Gasteiger partial charge in [0.2, 0.25) is 11.8 Å². The number of benzene rings is 4. The second-order valence-electron chi connectivity index (χ2n) is 12.2. The molecule has 8 nitrogen and oxygen atoms in total. The van der Waals surface area contributed by atoms with E-state index < -0.39 is 28.5 Å². The second-order valence-corrected chi connectivity index (χ2v) is 14.5. The molecule has 2 amide bonds. The van der Waals surface area contributed by atoms with Gasteiger partial charge in [-0.3, -0.25) is 13.9 Å². The molecule has 0 unspecified atom stereocenters. The Morgan fingerprint density at radius 2 is 1.58 bits per heavy atom. The first-order chi connectivity index (χ1) is 23.2. The lowest BCUT2D eigenvalue weighted by molar-refractivity contribution is -0.140. The van der Waals surface area contributed by atoms with Crippen molar-refractivity contribution in [2.24, 2.45) is 0 Å². The van der Waals surface area contributed by atoms with Crippen LogP contribution in [0.15, 0.2) is 108 Å². The number of amides is 2. The second kappa shape index (κ2) is 16.2. The van der Waals surface area contributed by atoms with Crippen LogP contribution in [-0.4, -0.2) is 50.9 Å². The summed E-state index contributed by atoms with van der Waals surface area (Å²) in [6.45, 7) is 1.32. The first kappa shape index (κ1) is 35.0. The first-order valence-electron chi connectivity index (χ1n) is 16.3. The highest BCUT2D eigenvalue weighted by atomic mass is 35.5. The van der Waals surface area contributed by atoms with E-state index in [1.165, 1.54) is 24.1 Å². The van der Waals surface area contributed by atoms with Crippen LogP contribution in [-0.2, 0) is 32.6 Å². The van der Waals surface area contributed by atoms with E-state index in [2.05, 4.69) is 5.32 Å². The lowest BCUT2D eigenvalue weighted by atomic mass is 9.94. The third-order valence-corrected chi connectivity index (χ3v) is 10.9. The minimum Gasteiger partial charge on any atom is -0.497 e. The van der Waals surface area contributed by atoms with Gasteiger partial charge in [-0.1, -0.05) is 103 Å². The summed E-state index contributed by atoms with van der Waals surface area (Å²) in [6, 6.07) is 28.8. The Morgan fingerprint density at radius 3 is 2.27 bits per heavy atom. The van der Waals surface area contributed by atoms with Crippen LogP contribution in [0.5, 0.6) is 5.75 Å². The van der Waals surface area contributed by atoms with E-state index in [1.54, 1.807) is 48.5 Å². The standard InChI is InChI=1S/C38H42ClN3O5S/c1-28-20-22-34(23-21-28)48(45,46)42(32-17-11-18-33(25-32)47-2)27-37(43)41(26-30-14-9-10-19-35(30)39)36(24-29-12-5-3-6-13-29)38(44)40-31-15-7-4-8-16-31/h3,5-6,9-14,17-23,25,31,36H,4,7-8,15-16,24,26-27H2,1-2H3,(H,40,44)/t36-/m0/s1. The molecule has 5 rings (SSSR count). The van der Waals surface area contributed by atoms with Crippen LogP contribution < -0.4 is 14.4 Å². The Hall–Kier alpha value is -4.34. The number of nitrogens with zero attached hydrogens (tertiary/aromatic N) is 2. The quantitative estimate of drug-likeness (QED) is 0.164. The molecule has 10 heteroatoms. The van der Waals surface area contributed by atoms with Gasteiger partial charge >= 0.3 is 0 Å². The van der Waals surface area contributed by atoms with Crippen LogP contribution in [0.3, 0.4) is 0 Å². The number of anilines is 1. The fourth-order valence-electron chi connectivity index (χ4n) is 6.04. The number of halogens is 1. The summed E-state index contributed by atoms with van der Waals surface area (Å²) >= 11 is 6.61. The highest BCUT2D eigenvalue weighted by Crippen LogP contribution is 2.29. The third kappa shape index (κ3) is 8.76. The molecule has 1 fully saturated rings. The summed E-state index contributed by atoms with van der Waals surface area (Å²) < 4.78 is 35.1. The molecule has 1 saturated carbocycles. The van der Waals surface area contributed by atoms with Crippen LogP contribution >= 0.6 is 11.6 Å². The SMILES string of the molecule is COc1cccc(N(CC(=O)N(Cc2ccccc2Cl)[C@@H](Cc2ccccc2)C(=O)NC2CCCCC2)S(=O)(=O)c2ccc(C)cc2)c1. The van der Waals surface area contributed by atoms with Crippen LogP contribution in [0.25, 0.3) is 0 Å². The summed E-state index contributed by atoms with van der Waals surface area (Å²) in [7, 11) is -2.74. The average molecular weight is 688 g/mol. The molecule has 48 heavy (non-hydrogen) atoms. The predicted octanol–water partition coefficient (Wildman–Crippen LogP) is 6.94. The zero-order valence-corrected chi connectivity index (χ0v) is 28.9. The molecule has 1 N–H and O–H groups in total. The van der Waals surface area contributed by atoms with Crippen LogP contribution in [0.1, 0.15) is 48.8 Å². The lowest BCUT2D eigenvalue weighted by Crippen LogP contribution is -2.55. The molecule has 0 bridgehead atoms. The summed E-state index contributed by atoms with van der Waals surface area (Å²) in [5.41, 5.74) is 2.67. The zero-order valence-electron chi connectivity index (χ0n) is 27.3. The minimum absolute atomic E-state index is 0.00459. The fraction of sp³-hybridized carbons (Fsp3) is 0.316. The van der Waals surface area contributed by atoms with E-state index in [0.717, 1.165) is 47.5 Å². The fourth-order valence-corrected chi connectivity index (χ4v) is 7.64. The van der Waals surface area contributed by atoms with Gasteiger partial charge in [0, 0.05) is 30.1 Å². The minimum atomic E-state index is -4.23. The first-order valence-corrected chi connectivity index (χ1v) is 18.1. The molecule has 0 spiro atoms. The molecule has 0 heterocycles. The predicted molar refractivity (Wildman–Crippen MR) is 190 cm³/mol. The normalized spacial score (nSPS) is 14.1. The number of methoxy groups -OCH3 is 1. The maximum absolute atomic E-state index is 14.7. The summed E-state index contributed by atoms with van der Waals surface area (Å²) in [5, 5.41) is 3.67. The molecule has 1 aliphatic carbocycles. The monoisotopic (exact) mass is 687 g/mol. The van der Waals surface area contributed by atoms with Gasteiger partial charge in [-0.25, -0.2) is 8.42 Å². The number of aryl methyl sites for hydroxylation is 1. The van der Waals surface area contributed by atoms with Gasteiger partial charge in [0.15, 0.2) is 0 Å². The van der Waals surface area contributed by atoms with Crippen LogP contribution in [0, 0.1) is 6.92 Å². The van der Waals surface area contributed by atoms with Crippen molar-refractivity contribution in [2.45, 2.75) is 69.0 Å². The number of carbonyl (C=O) groups is 2. The van der Waals surface area contributed by atoms with Crippen molar-refractivity contribution < 1.29 is 22.7 Å². The van der Waals surface area contributed by atoms with E-state index in [1.807, 2.05) is 49.4 Å². The molecular weight excluding hydrogens is 646 g/mol. The Bertz CT molecular complexity index is 1790. The molecule has 1 atom stereocenters. The number of hydrogen-bond donors (Lipinski definition) is 1. The van der Waals surface area contributed by atoms with Gasteiger partial charge in [0.05, 0.1) is 17.7 Å². The molecular formula is C38H42ClN3O5S. The van der Waals surface area contributed by atoms with Crippen molar-refractivity contribution in [2.75, 3.05) is 18.0 Å². The summed E-state index contributed by atoms with van der Waals surface area (Å²) in [5.74, 6) is -0.389. The van der Waals surface area contributed by atoms with Gasteiger partial charge in [0.25, 0.3) is 10.0 Å². The molecule has 0 aliphatic heterocycles. The number of carbonyl (C=O) groups excluding carboxylic acids is 2. The average Bonchev–Trinajstić information content (AvgIpc) is 3.10. The number of ether oxygens (including phenoxy) is 1. The van der Waals surface area contributed by atoms with Crippen molar-refractivity contribution >= 4 is 39.1 Å². The third-order valence-electron chi connectivity index (χ3n) is 8.75. The number of rotatable bonds is 13. The van der Waals surface area contributed by atoms with E-state index in [4.69, 9.17) is 16.3 Å². The number of nitrogens with one attached hydrogen (secondary N) is 1. The Kier molecular flexibility index (Phi) is 11.8. The Morgan fingerprint density at radius 1 is 0.896 bits per heavy atom. The summed E-state index contributed by atoms with van der Waals surface area (Å²) in [6.07, 6.45) is 5.18. The smallest absolute Gasteiger partial charge is 0.264 e. The van der Waals surface area contributed by atoms with Crippen LogP contribution in [0.2, 0.25) is 5.02 Å². The van der Waals surface area contributed by atoms with E-state index >= 15 is 0 Å². The van der Waals surface area contributed by atoms with Crippen molar-refractivity contribution in [3.05, 3.63) is 125 Å². The number of sulfonamides is 1. The van der Waals surface area contributed by atoms with Gasteiger partial charge in [-0.05, 0) is 61.2 Å². The number of hydrogen-bond acceptors (Lipinski definition) is 5. The van der Waals surface area contributed by atoms with Crippen molar-refractivity contribution in [3.8, 4) is 5.75 Å². The van der Waals surface area contributed by atoms with Gasteiger partial charge in [-0.15, -0.1) is 0 Å². The molecule has 0 radical (unpaired) electrons. The molecule has 0 saturated heterocycles. The van der Waals surface area contributed by atoms with Gasteiger partial charge in [-0.2, -0.15) is 0 Å². The summed E-state index contributed by atoms with van der Waals surface area (Å²) in [4.78, 5) is 30.5. The van der Waals surface area contributed by atoms with Crippen molar-refractivity contribution in [1.29, 1.82) is 0 Å². The van der Waals surface area contributed by atoms with Crippen LogP contribution in [0.4, 0.5) is 5.69 Å². The van der Waals surface area contributed by atoms with E-state index in [0.29, 0.717) is 16.3 Å². The van der Waals surface area contributed by atoms with E-state index in [-0.39, 0.29) is 35.5 Å². The van der Waals surface area contributed by atoms with Crippen molar-refractivity contribution in [3.63, 3.8) is 0 Å². The maximum Gasteiger partial charge on any atom is 0.264 e. The van der Waals surface area contributed by atoms with Gasteiger partial charge in [0.1, 0.15) is 18.3 Å². The van der Waals surface area contributed by atoms with Gasteiger partial charge < -0.3 is 15.0 Å². The molecule has 1 aliphatic rings. The largest absolute Gasteiger partial charge is 0.497 e. The molecule has 4 aromatic carbocycles. The van der Waals surface area contributed by atoms with E-state index in [9.17, 15) is 18.0 Å². The Balaban J connectivity index is 1.58. The zero-order chi connectivity index (χ0) is 34.1.